The van der Waals surface area contributed by atoms with Crippen LogP contribution in [0.2, 0.25) is 0 Å². The molecule has 37 heavy (non-hydrogen) atoms. The van der Waals surface area contributed by atoms with Crippen LogP contribution >= 0.6 is 0 Å². The molecule has 3 rings (SSSR count). The molecular weight excluding hydrogens is 474 g/mol. The molecule has 3 heterocycles. The second kappa shape index (κ2) is 13.0. The van der Waals surface area contributed by atoms with Gasteiger partial charge in [-0.1, -0.05) is 11.8 Å². The number of carbonyl (C=O) groups excluding carboxylic acids is 1. The Balaban J connectivity index is 1.38. The molecule has 1 aliphatic rings. The molecule has 2 aromatic rings. The molecule has 1 aliphatic heterocycles. The zero-order valence-corrected chi connectivity index (χ0v) is 22.5. The van der Waals surface area contributed by atoms with Crippen LogP contribution in [0.4, 0.5) is 0 Å². The standard InChI is InChI=1S/C28H39N3O6/c1-27(2,3)37-26(33)28(4,5)36-19-15-21(32)10-6-8-17-34-22-12-13-23(29-20-22)24-14-16-30-31(24)25-11-7-9-18-35-25/h12-14,16,20-21,25,32H,7-9,11,15,17-19H2,1-5H3. The number of hydrogen-bond acceptors (Lipinski definition) is 8. The molecule has 0 amide bonds. The SMILES string of the molecule is CC(C)(C)OC(=O)C(C)(C)OCCC(O)C#CCCOc1ccc(-c2ccnn2C2CCCCO2)nc1. The second-order valence-corrected chi connectivity index (χ2v) is 10.4. The van der Waals surface area contributed by atoms with E-state index in [-0.39, 0.29) is 19.3 Å². The first-order chi connectivity index (χ1) is 17.5. The van der Waals surface area contributed by atoms with Crippen LogP contribution in [0.3, 0.4) is 0 Å². The van der Waals surface area contributed by atoms with Crippen molar-refractivity contribution in [1.29, 1.82) is 0 Å². The van der Waals surface area contributed by atoms with Crippen molar-refractivity contribution in [3.05, 3.63) is 30.6 Å². The van der Waals surface area contributed by atoms with Gasteiger partial charge in [0.25, 0.3) is 0 Å². The smallest absolute Gasteiger partial charge is 0.338 e. The summed E-state index contributed by atoms with van der Waals surface area (Å²) in [5, 5.41) is 14.5. The van der Waals surface area contributed by atoms with Crippen LogP contribution in [0, 0.1) is 11.8 Å². The van der Waals surface area contributed by atoms with Crippen LogP contribution in [0.15, 0.2) is 30.6 Å². The highest BCUT2D eigenvalue weighted by molar-refractivity contribution is 5.78. The Labute approximate surface area is 219 Å². The molecule has 1 N–H and O–H groups in total. The normalized spacial score (nSPS) is 17.0. The van der Waals surface area contributed by atoms with Crippen molar-refractivity contribution in [2.45, 2.75) is 90.3 Å². The number of hydrogen-bond donors (Lipinski definition) is 1. The Bertz CT molecular complexity index is 1060. The third kappa shape index (κ3) is 9.15. The molecule has 1 saturated heterocycles. The van der Waals surface area contributed by atoms with E-state index in [4.69, 9.17) is 18.9 Å². The van der Waals surface area contributed by atoms with Crippen LogP contribution in [0.5, 0.6) is 5.75 Å². The van der Waals surface area contributed by atoms with Crippen molar-refractivity contribution in [3.63, 3.8) is 0 Å². The first kappa shape index (κ1) is 28.6. The molecular formula is C28H39N3O6. The number of pyridine rings is 1. The monoisotopic (exact) mass is 513 g/mol. The maximum absolute atomic E-state index is 12.2. The summed E-state index contributed by atoms with van der Waals surface area (Å²) in [6.07, 6.45) is 6.45. The maximum Gasteiger partial charge on any atom is 0.338 e. The lowest BCUT2D eigenvalue weighted by Crippen LogP contribution is -2.41. The number of aromatic nitrogens is 3. The molecule has 0 saturated carbocycles. The van der Waals surface area contributed by atoms with Crippen molar-refractivity contribution in [3.8, 4) is 29.0 Å². The average Bonchev–Trinajstić information content (AvgIpc) is 3.34. The predicted molar refractivity (Wildman–Crippen MR) is 139 cm³/mol. The highest BCUT2D eigenvalue weighted by Gasteiger charge is 2.33. The molecule has 2 atom stereocenters. The maximum atomic E-state index is 12.2. The minimum Gasteiger partial charge on any atom is -0.491 e. The molecule has 1 fully saturated rings. The van der Waals surface area contributed by atoms with Gasteiger partial charge in [0.1, 0.15) is 17.5 Å². The zero-order chi connectivity index (χ0) is 26.9. The minimum atomic E-state index is -1.10. The van der Waals surface area contributed by atoms with E-state index >= 15 is 0 Å². The molecule has 0 aromatic carbocycles. The van der Waals surface area contributed by atoms with E-state index in [0.29, 0.717) is 18.8 Å². The van der Waals surface area contributed by atoms with E-state index in [1.807, 2.05) is 22.9 Å². The number of aliphatic hydroxyl groups is 1. The molecule has 2 aromatic heterocycles. The van der Waals surface area contributed by atoms with E-state index in [2.05, 4.69) is 21.9 Å². The van der Waals surface area contributed by atoms with Gasteiger partial charge in [0.15, 0.2) is 11.8 Å². The summed E-state index contributed by atoms with van der Waals surface area (Å²) in [5.74, 6) is 5.90. The summed E-state index contributed by atoms with van der Waals surface area (Å²) in [6.45, 7) is 10.0. The summed E-state index contributed by atoms with van der Waals surface area (Å²) in [5.41, 5.74) is 0.0354. The lowest BCUT2D eigenvalue weighted by molar-refractivity contribution is -0.180. The number of esters is 1. The second-order valence-electron chi connectivity index (χ2n) is 10.4. The Morgan fingerprint density at radius 2 is 2.03 bits per heavy atom. The zero-order valence-electron chi connectivity index (χ0n) is 22.5. The van der Waals surface area contributed by atoms with Crippen LogP contribution in [-0.4, -0.2) is 63.0 Å². The molecule has 202 valence electrons. The molecule has 0 bridgehead atoms. The Morgan fingerprint density at radius 3 is 2.70 bits per heavy atom. The lowest BCUT2D eigenvalue weighted by atomic mass is 10.1. The Morgan fingerprint density at radius 1 is 1.22 bits per heavy atom. The van der Waals surface area contributed by atoms with Gasteiger partial charge in [-0.15, -0.1) is 0 Å². The molecule has 9 nitrogen and oxygen atoms in total. The number of carbonyl (C=O) groups is 1. The van der Waals surface area contributed by atoms with Gasteiger partial charge in [-0.05, 0) is 72.1 Å². The Hall–Kier alpha value is -2.93. The van der Waals surface area contributed by atoms with E-state index < -0.39 is 23.3 Å². The molecule has 0 radical (unpaired) electrons. The number of ether oxygens (including phenoxy) is 4. The molecule has 0 spiro atoms. The van der Waals surface area contributed by atoms with Crippen molar-refractivity contribution >= 4 is 5.97 Å². The highest BCUT2D eigenvalue weighted by atomic mass is 16.6. The predicted octanol–water partition coefficient (Wildman–Crippen LogP) is 4.30. The first-order valence-corrected chi connectivity index (χ1v) is 12.8. The van der Waals surface area contributed by atoms with Crippen molar-refractivity contribution in [1.82, 2.24) is 14.8 Å². The third-order valence-electron chi connectivity index (χ3n) is 5.61. The summed E-state index contributed by atoms with van der Waals surface area (Å²) in [4.78, 5) is 16.7. The Kier molecular flexibility index (Phi) is 10.1. The molecule has 2 unspecified atom stereocenters. The van der Waals surface area contributed by atoms with Gasteiger partial charge in [0, 0.05) is 25.6 Å². The number of rotatable bonds is 10. The van der Waals surface area contributed by atoms with Crippen molar-refractivity contribution in [2.75, 3.05) is 19.8 Å². The van der Waals surface area contributed by atoms with Gasteiger partial charge in [-0.3, -0.25) is 4.98 Å². The van der Waals surface area contributed by atoms with Crippen LogP contribution in [0.25, 0.3) is 11.4 Å². The average molecular weight is 514 g/mol. The van der Waals surface area contributed by atoms with Gasteiger partial charge in [-0.25, -0.2) is 9.48 Å². The molecule has 9 heteroatoms. The van der Waals surface area contributed by atoms with Gasteiger partial charge >= 0.3 is 5.97 Å². The third-order valence-corrected chi connectivity index (χ3v) is 5.61. The highest BCUT2D eigenvalue weighted by Crippen LogP contribution is 2.28. The largest absolute Gasteiger partial charge is 0.491 e. The van der Waals surface area contributed by atoms with Crippen molar-refractivity contribution in [2.24, 2.45) is 0 Å². The van der Waals surface area contributed by atoms with Crippen LogP contribution < -0.4 is 4.74 Å². The van der Waals surface area contributed by atoms with Crippen LogP contribution in [0.1, 0.15) is 73.0 Å². The number of aliphatic hydroxyl groups excluding tert-OH is 1. The summed E-state index contributed by atoms with van der Waals surface area (Å²) < 4.78 is 24.5. The fourth-order valence-corrected chi connectivity index (χ4v) is 3.65. The van der Waals surface area contributed by atoms with E-state index in [1.165, 1.54) is 0 Å². The lowest BCUT2D eigenvalue weighted by Gasteiger charge is -2.28. The van der Waals surface area contributed by atoms with Gasteiger partial charge in [0.2, 0.25) is 0 Å². The fraction of sp³-hybridized carbons (Fsp3) is 0.607. The first-order valence-electron chi connectivity index (χ1n) is 12.8. The molecule has 0 aliphatic carbocycles. The van der Waals surface area contributed by atoms with Crippen LogP contribution in [-0.2, 0) is 19.0 Å². The topological polar surface area (TPSA) is 105 Å². The minimum absolute atomic E-state index is 0.0478. The fourth-order valence-electron chi connectivity index (χ4n) is 3.65. The van der Waals surface area contributed by atoms with Gasteiger partial charge in [-0.2, -0.15) is 5.10 Å². The number of nitrogens with zero attached hydrogens (tertiary/aromatic N) is 3. The summed E-state index contributed by atoms with van der Waals surface area (Å²) in [6, 6.07) is 5.71. The van der Waals surface area contributed by atoms with Gasteiger partial charge in [0.05, 0.1) is 30.8 Å². The van der Waals surface area contributed by atoms with E-state index in [0.717, 1.165) is 37.3 Å². The van der Waals surface area contributed by atoms with E-state index in [9.17, 15) is 9.90 Å². The summed E-state index contributed by atoms with van der Waals surface area (Å²) >= 11 is 0. The van der Waals surface area contributed by atoms with Gasteiger partial charge < -0.3 is 24.1 Å². The summed E-state index contributed by atoms with van der Waals surface area (Å²) in [7, 11) is 0. The van der Waals surface area contributed by atoms with Crippen molar-refractivity contribution < 1.29 is 28.8 Å². The quantitative estimate of drug-likeness (QED) is 0.285. The van der Waals surface area contributed by atoms with E-state index in [1.54, 1.807) is 47.0 Å².